The van der Waals surface area contributed by atoms with Gasteiger partial charge in [-0.15, -0.1) is 0 Å². The zero-order valence-electron chi connectivity index (χ0n) is 24.6. The molecule has 0 radical (unpaired) electrons. The standard InChI is InChI=1S/2C13H21NO5Si.Zn/c2*1-17-20(18-2,19-3)8-4-7-14-10-11-5-6-12(15)9-13(11)16;/h2*5-6,9-10,15-16H,4,7-8H2,1-3H3;/q;;+2/p-2. The Labute approximate surface area is 257 Å². The molecule has 0 saturated carbocycles. The predicted octanol–water partition coefficient (Wildman–Crippen LogP) is 2.30. The number of phenols is 2. The van der Waals surface area contributed by atoms with E-state index in [-0.39, 0.29) is 42.5 Å². The molecule has 0 bridgehead atoms. The van der Waals surface area contributed by atoms with Crippen LogP contribution >= 0.6 is 0 Å². The largest absolute Gasteiger partial charge is 2.00 e. The van der Waals surface area contributed by atoms with Gasteiger partial charge >= 0.3 is 37.1 Å². The number of phenolic OH excluding ortho intramolecular Hbond substituents is 2. The molecule has 0 heterocycles. The summed E-state index contributed by atoms with van der Waals surface area (Å²) in [4.78, 5) is 8.37. The van der Waals surface area contributed by atoms with E-state index in [1.54, 1.807) is 54.8 Å². The van der Waals surface area contributed by atoms with Crippen LogP contribution in [0.4, 0.5) is 0 Å². The van der Waals surface area contributed by atoms with Crippen LogP contribution in [0.3, 0.4) is 0 Å². The molecular formula is C26H40N2O10Si2Zn. The van der Waals surface area contributed by atoms with Crippen molar-refractivity contribution in [1.82, 2.24) is 0 Å². The quantitative estimate of drug-likeness (QED) is 0.155. The molecule has 0 spiro atoms. The minimum absolute atomic E-state index is 0. The minimum Gasteiger partial charge on any atom is -0.872 e. The van der Waals surface area contributed by atoms with Gasteiger partial charge in [0.1, 0.15) is 11.5 Å². The number of aromatic hydroxyl groups is 2. The van der Waals surface area contributed by atoms with E-state index in [0.717, 1.165) is 12.8 Å². The second kappa shape index (κ2) is 20.6. The summed E-state index contributed by atoms with van der Waals surface area (Å²) in [5.41, 5.74) is 0.910. The van der Waals surface area contributed by atoms with Crippen LogP contribution < -0.4 is 10.2 Å². The maximum Gasteiger partial charge on any atom is 2.00 e. The van der Waals surface area contributed by atoms with E-state index in [1.807, 2.05) is 0 Å². The van der Waals surface area contributed by atoms with E-state index in [0.29, 0.717) is 36.3 Å². The topological polar surface area (TPSA) is 167 Å². The van der Waals surface area contributed by atoms with Crippen molar-refractivity contribution in [3.8, 4) is 23.0 Å². The molecule has 41 heavy (non-hydrogen) atoms. The van der Waals surface area contributed by atoms with Crippen LogP contribution in [-0.4, -0.2) is 96.0 Å². The van der Waals surface area contributed by atoms with Crippen molar-refractivity contribution >= 4 is 30.0 Å². The third-order valence-corrected chi connectivity index (χ3v) is 11.5. The number of aliphatic imine (C=N–C) groups is 2. The van der Waals surface area contributed by atoms with Gasteiger partial charge in [-0.05, 0) is 48.2 Å². The van der Waals surface area contributed by atoms with Crippen molar-refractivity contribution in [2.75, 3.05) is 55.7 Å². The van der Waals surface area contributed by atoms with Crippen molar-refractivity contribution in [2.45, 2.75) is 24.9 Å². The fourth-order valence-electron chi connectivity index (χ4n) is 3.47. The van der Waals surface area contributed by atoms with Crippen molar-refractivity contribution in [2.24, 2.45) is 9.98 Å². The summed E-state index contributed by atoms with van der Waals surface area (Å²) in [6.07, 6.45) is 4.50. The molecule has 0 aromatic heterocycles. The second-order valence-electron chi connectivity index (χ2n) is 8.31. The molecule has 15 heteroatoms. The first-order chi connectivity index (χ1) is 19.1. The number of hydrogen-bond acceptors (Lipinski definition) is 12. The summed E-state index contributed by atoms with van der Waals surface area (Å²) in [5, 5.41) is 41.3. The zero-order valence-corrected chi connectivity index (χ0v) is 29.6. The Kier molecular flexibility index (Phi) is 19.5. The normalized spacial score (nSPS) is 11.9. The maximum atomic E-state index is 11.5. The van der Waals surface area contributed by atoms with Crippen molar-refractivity contribution in [3.63, 3.8) is 0 Å². The van der Waals surface area contributed by atoms with Crippen LogP contribution in [0.5, 0.6) is 23.0 Å². The summed E-state index contributed by atoms with van der Waals surface area (Å²) >= 11 is 0. The molecule has 0 amide bonds. The van der Waals surface area contributed by atoms with Gasteiger partial charge in [0.2, 0.25) is 0 Å². The van der Waals surface area contributed by atoms with E-state index in [9.17, 15) is 10.2 Å². The van der Waals surface area contributed by atoms with Gasteiger partial charge < -0.3 is 47.0 Å². The number of nitrogens with zero attached hydrogens (tertiary/aromatic N) is 2. The van der Waals surface area contributed by atoms with Gasteiger partial charge in [0.15, 0.2) is 0 Å². The van der Waals surface area contributed by atoms with Gasteiger partial charge in [-0.3, -0.25) is 9.98 Å². The van der Waals surface area contributed by atoms with Gasteiger partial charge in [0, 0.05) is 80.3 Å². The van der Waals surface area contributed by atoms with E-state index in [1.165, 1.54) is 36.7 Å². The summed E-state index contributed by atoms with van der Waals surface area (Å²) < 4.78 is 31.8. The number of hydrogen-bond donors (Lipinski definition) is 2. The van der Waals surface area contributed by atoms with E-state index in [4.69, 9.17) is 36.8 Å². The summed E-state index contributed by atoms with van der Waals surface area (Å²) in [6.45, 7) is 1.09. The van der Waals surface area contributed by atoms with Crippen LogP contribution in [0.1, 0.15) is 24.0 Å². The van der Waals surface area contributed by atoms with Crippen molar-refractivity contribution in [3.05, 3.63) is 47.5 Å². The first-order valence-electron chi connectivity index (χ1n) is 12.4. The molecule has 224 valence electrons. The summed E-state index contributed by atoms with van der Waals surface area (Å²) in [6, 6.07) is 9.66. The monoisotopic (exact) mass is 660 g/mol. The number of rotatable bonds is 16. The summed E-state index contributed by atoms with van der Waals surface area (Å²) in [5.74, 6) is -0.572. The molecule has 0 aliphatic carbocycles. The Morgan fingerprint density at radius 1 is 0.634 bits per heavy atom. The SMILES string of the molecule is CO[Si](CCCN=Cc1ccc(O)cc1[O-])(OC)OC.CO[Si](CCCN=Cc1ccc(O)cc1[O-])(OC)OC.[Zn+2]. The zero-order chi connectivity index (χ0) is 30.0. The van der Waals surface area contributed by atoms with Gasteiger partial charge in [-0.1, -0.05) is 23.6 Å². The van der Waals surface area contributed by atoms with E-state index in [2.05, 4.69) is 9.98 Å². The van der Waals surface area contributed by atoms with Gasteiger partial charge in [0.25, 0.3) is 0 Å². The Balaban J connectivity index is 0.000000762. The molecule has 0 atom stereocenters. The van der Waals surface area contributed by atoms with Crippen molar-refractivity contribution < 1.29 is 66.5 Å². The average Bonchev–Trinajstić information content (AvgIpc) is 2.96. The molecule has 2 aromatic rings. The average molecular weight is 662 g/mol. The molecule has 12 nitrogen and oxygen atoms in total. The van der Waals surface area contributed by atoms with E-state index < -0.39 is 17.6 Å². The van der Waals surface area contributed by atoms with Crippen molar-refractivity contribution in [1.29, 1.82) is 0 Å². The summed E-state index contributed by atoms with van der Waals surface area (Å²) in [7, 11) is 4.36. The van der Waals surface area contributed by atoms with Crippen LogP contribution in [-0.2, 0) is 46.0 Å². The van der Waals surface area contributed by atoms with Gasteiger partial charge in [-0.2, -0.15) is 0 Å². The van der Waals surface area contributed by atoms with Crippen LogP contribution in [0, 0.1) is 0 Å². The minimum atomic E-state index is -2.53. The molecular weight excluding hydrogens is 622 g/mol. The van der Waals surface area contributed by atoms with Crippen LogP contribution in [0.25, 0.3) is 0 Å². The van der Waals surface area contributed by atoms with Gasteiger partial charge in [0.05, 0.1) is 0 Å². The van der Waals surface area contributed by atoms with Crippen LogP contribution in [0.15, 0.2) is 46.4 Å². The molecule has 2 aromatic carbocycles. The van der Waals surface area contributed by atoms with Crippen LogP contribution in [0.2, 0.25) is 12.1 Å². The number of benzene rings is 2. The maximum absolute atomic E-state index is 11.5. The molecule has 0 unspecified atom stereocenters. The fourth-order valence-corrected chi connectivity index (χ4v) is 6.88. The van der Waals surface area contributed by atoms with Gasteiger partial charge in [-0.25, -0.2) is 0 Å². The Hall–Kier alpha value is -2.20. The fraction of sp³-hybridized carbons (Fsp3) is 0.462. The smallest absolute Gasteiger partial charge is 0.872 e. The molecule has 0 aliphatic rings. The molecule has 0 saturated heterocycles. The molecule has 0 aliphatic heterocycles. The Morgan fingerprint density at radius 3 is 1.22 bits per heavy atom. The third-order valence-electron chi connectivity index (χ3n) is 5.86. The first-order valence-corrected chi connectivity index (χ1v) is 16.3. The van der Waals surface area contributed by atoms with E-state index >= 15 is 0 Å². The first kappa shape index (κ1) is 38.8. The molecule has 2 N–H and O–H groups in total. The predicted molar refractivity (Wildman–Crippen MR) is 152 cm³/mol. The Morgan fingerprint density at radius 2 is 0.951 bits per heavy atom. The third kappa shape index (κ3) is 13.5. The second-order valence-corrected chi connectivity index (χ2v) is 14.5. The molecule has 2 rings (SSSR count). The Bertz CT molecular complexity index is 971. The molecule has 0 fully saturated rings.